The zero-order chi connectivity index (χ0) is 11.9. The van der Waals surface area contributed by atoms with Crippen LogP contribution < -0.4 is 0 Å². The molecule has 1 aromatic carbocycles. The van der Waals surface area contributed by atoms with Gasteiger partial charge in [0.25, 0.3) is 0 Å². The van der Waals surface area contributed by atoms with Crippen molar-refractivity contribution in [1.82, 2.24) is 9.97 Å². The summed E-state index contributed by atoms with van der Waals surface area (Å²) in [5, 5.41) is 0. The Labute approximate surface area is 109 Å². The third kappa shape index (κ3) is 1.85. The number of hydrogen-bond acceptors (Lipinski definition) is 2. The number of nitrogens with zero attached hydrogens (tertiary/aromatic N) is 2. The normalized spacial score (nSPS) is 13.1. The van der Waals surface area contributed by atoms with Crippen LogP contribution in [0.25, 0.3) is 11.0 Å². The molecular weight excluding hydrogens is 376 g/mol. The average molecular weight is 383 g/mol. The van der Waals surface area contributed by atoms with Crippen LogP contribution in [0.15, 0.2) is 29.0 Å². The summed E-state index contributed by atoms with van der Waals surface area (Å²) in [5.74, 6) is 0. The van der Waals surface area contributed by atoms with Crippen molar-refractivity contribution in [3.05, 3.63) is 34.5 Å². The minimum absolute atomic E-state index is 0.0547. The lowest BCUT2D eigenvalue weighted by atomic mass is 10.2. The topological polar surface area (TPSA) is 25.8 Å². The number of alkyl halides is 2. The van der Waals surface area contributed by atoms with Gasteiger partial charge in [-0.15, -0.1) is 0 Å². The van der Waals surface area contributed by atoms with Gasteiger partial charge in [0.1, 0.15) is 5.52 Å². The molecule has 0 saturated carbocycles. The standard InChI is InChI=1S/C9H5Br3N2/c10-6-2-1-5(9(11)12)7-8(6)14-4-3-13-7/h1-4,9H/i3D,4D. The van der Waals surface area contributed by atoms with E-state index in [4.69, 9.17) is 2.74 Å². The van der Waals surface area contributed by atoms with E-state index in [1.54, 1.807) is 0 Å². The van der Waals surface area contributed by atoms with Gasteiger partial charge in [0.05, 0.1) is 12.0 Å². The van der Waals surface area contributed by atoms with Crippen LogP contribution in [0.3, 0.4) is 0 Å². The van der Waals surface area contributed by atoms with Crippen molar-refractivity contribution < 1.29 is 2.74 Å². The molecule has 2 nitrogen and oxygen atoms in total. The highest BCUT2D eigenvalue weighted by Gasteiger charge is 2.10. The Morgan fingerprint density at radius 1 is 1.14 bits per heavy atom. The van der Waals surface area contributed by atoms with Crippen molar-refractivity contribution >= 4 is 58.8 Å². The number of benzene rings is 1. The second-order valence-electron chi connectivity index (χ2n) is 2.58. The molecule has 14 heavy (non-hydrogen) atoms. The maximum atomic E-state index is 7.50. The molecule has 0 saturated heterocycles. The van der Waals surface area contributed by atoms with E-state index < -0.39 is 0 Å². The number of rotatable bonds is 1. The Kier molecular flexibility index (Phi) is 2.48. The van der Waals surface area contributed by atoms with Crippen LogP contribution in [0.1, 0.15) is 12.0 Å². The molecule has 1 heterocycles. The van der Waals surface area contributed by atoms with E-state index >= 15 is 0 Å². The van der Waals surface area contributed by atoms with Gasteiger partial charge in [0.2, 0.25) is 0 Å². The summed E-state index contributed by atoms with van der Waals surface area (Å²) >= 11 is 10.2. The molecule has 0 N–H and O–H groups in total. The molecule has 2 aromatic rings. The second kappa shape index (κ2) is 4.24. The van der Waals surface area contributed by atoms with E-state index in [9.17, 15) is 0 Å². The molecule has 0 aliphatic heterocycles. The van der Waals surface area contributed by atoms with Gasteiger partial charge < -0.3 is 0 Å². The first kappa shape index (κ1) is 8.19. The van der Waals surface area contributed by atoms with Crippen LogP contribution in [0, 0.1) is 0 Å². The van der Waals surface area contributed by atoms with Crippen LogP contribution in [0.4, 0.5) is 0 Å². The van der Waals surface area contributed by atoms with Crippen molar-refractivity contribution in [3.63, 3.8) is 0 Å². The lowest BCUT2D eigenvalue weighted by molar-refractivity contribution is 1.26. The highest BCUT2D eigenvalue weighted by molar-refractivity contribution is 9.24. The molecule has 0 aliphatic carbocycles. The zero-order valence-electron chi connectivity index (χ0n) is 8.76. The quantitative estimate of drug-likeness (QED) is 0.691. The third-order valence-electron chi connectivity index (χ3n) is 1.75. The molecule has 1 aromatic heterocycles. The Balaban J connectivity index is 2.87. The molecule has 0 bridgehead atoms. The van der Waals surface area contributed by atoms with E-state index in [0.29, 0.717) is 11.0 Å². The van der Waals surface area contributed by atoms with Crippen LogP contribution in [-0.2, 0) is 0 Å². The van der Waals surface area contributed by atoms with Crippen molar-refractivity contribution in [2.75, 3.05) is 0 Å². The molecule has 0 fully saturated rings. The third-order valence-corrected chi connectivity index (χ3v) is 3.38. The second-order valence-corrected chi connectivity index (χ2v) is 6.50. The van der Waals surface area contributed by atoms with Crippen LogP contribution in [0.2, 0.25) is 0 Å². The van der Waals surface area contributed by atoms with Crippen molar-refractivity contribution in [2.45, 2.75) is 3.74 Å². The fourth-order valence-corrected chi connectivity index (χ4v) is 2.28. The minimum Gasteiger partial charge on any atom is -0.253 e. The van der Waals surface area contributed by atoms with Gasteiger partial charge in [0, 0.05) is 22.4 Å². The predicted octanol–water partition coefficient (Wildman–Crippen LogP) is 4.18. The van der Waals surface area contributed by atoms with Gasteiger partial charge in [-0.25, -0.2) is 0 Å². The lowest BCUT2D eigenvalue weighted by Gasteiger charge is -2.06. The van der Waals surface area contributed by atoms with E-state index in [0.717, 1.165) is 10.0 Å². The summed E-state index contributed by atoms with van der Waals surface area (Å²) in [4.78, 5) is 8.13. The van der Waals surface area contributed by atoms with Crippen LogP contribution >= 0.6 is 47.8 Å². The lowest BCUT2D eigenvalue weighted by Crippen LogP contribution is -1.90. The molecule has 72 valence electrons. The molecule has 2 rings (SSSR count). The fraction of sp³-hybridized carbons (Fsp3) is 0.111. The molecule has 0 spiro atoms. The largest absolute Gasteiger partial charge is 0.253 e. The Morgan fingerprint density at radius 2 is 1.79 bits per heavy atom. The van der Waals surface area contributed by atoms with E-state index in [2.05, 4.69) is 57.8 Å². The first-order valence-corrected chi connectivity index (χ1v) is 6.34. The minimum atomic E-state index is -0.119. The van der Waals surface area contributed by atoms with Crippen LogP contribution in [0.5, 0.6) is 0 Å². The average Bonchev–Trinajstić information content (AvgIpc) is 2.21. The first-order valence-electron chi connectivity index (χ1n) is 4.72. The maximum Gasteiger partial charge on any atom is 0.103 e. The number of halogens is 3. The van der Waals surface area contributed by atoms with Gasteiger partial charge in [-0.1, -0.05) is 37.9 Å². The summed E-state index contributed by atoms with van der Waals surface area (Å²) < 4.78 is 15.7. The number of aromatic nitrogens is 2. The monoisotopic (exact) mass is 380 g/mol. The fourth-order valence-electron chi connectivity index (χ4n) is 1.13. The Hall–Kier alpha value is -0.000000000000000167. The molecule has 0 unspecified atom stereocenters. The van der Waals surface area contributed by atoms with Crippen molar-refractivity contribution in [2.24, 2.45) is 0 Å². The van der Waals surface area contributed by atoms with Gasteiger partial charge in [-0.2, -0.15) is 0 Å². The smallest absolute Gasteiger partial charge is 0.103 e. The maximum absolute atomic E-state index is 7.50. The van der Waals surface area contributed by atoms with E-state index in [-0.39, 0.29) is 16.1 Å². The van der Waals surface area contributed by atoms with Crippen LogP contribution in [-0.4, -0.2) is 9.97 Å². The summed E-state index contributed by atoms with van der Waals surface area (Å²) in [5.41, 5.74) is 2.11. The zero-order valence-corrected chi connectivity index (χ0v) is 11.5. The molecule has 5 heteroatoms. The summed E-state index contributed by atoms with van der Waals surface area (Å²) in [6.45, 7) is 0. The highest BCUT2D eigenvalue weighted by Crippen LogP contribution is 2.35. The van der Waals surface area contributed by atoms with E-state index in [1.807, 2.05) is 12.1 Å². The van der Waals surface area contributed by atoms with Gasteiger partial charge in [-0.3, -0.25) is 9.97 Å². The molecule has 0 atom stereocenters. The predicted molar refractivity (Wildman–Crippen MR) is 67.8 cm³/mol. The number of hydrogen-bond donors (Lipinski definition) is 0. The first-order chi connectivity index (χ1) is 7.50. The Bertz CT molecular complexity index is 560. The molecule has 0 amide bonds. The van der Waals surface area contributed by atoms with Gasteiger partial charge in [-0.05, 0) is 22.0 Å². The Morgan fingerprint density at radius 3 is 2.43 bits per heavy atom. The van der Waals surface area contributed by atoms with Gasteiger partial charge >= 0.3 is 0 Å². The highest BCUT2D eigenvalue weighted by atomic mass is 79.9. The van der Waals surface area contributed by atoms with E-state index in [1.165, 1.54) is 0 Å². The van der Waals surface area contributed by atoms with Gasteiger partial charge in [0.15, 0.2) is 0 Å². The summed E-state index contributed by atoms with van der Waals surface area (Å²) in [6, 6.07) is 3.74. The molecular formula is C9H5Br3N2. The number of fused-ring (bicyclic) bond motifs is 1. The van der Waals surface area contributed by atoms with Crippen molar-refractivity contribution in [3.8, 4) is 0 Å². The van der Waals surface area contributed by atoms with Crippen molar-refractivity contribution in [1.29, 1.82) is 0 Å². The summed E-state index contributed by atoms with van der Waals surface area (Å²) in [7, 11) is 0. The molecule has 0 radical (unpaired) electrons. The molecule has 0 aliphatic rings. The SMILES string of the molecule is [2H]c1nc2c(Br)ccc(C(Br)Br)c2nc1[2H]. The summed E-state index contributed by atoms with van der Waals surface area (Å²) in [6.07, 6.45) is -0.237.